The highest BCUT2D eigenvalue weighted by molar-refractivity contribution is 7.07. The number of rotatable bonds is 10. The van der Waals surface area contributed by atoms with Crippen molar-refractivity contribution in [1.82, 2.24) is 4.57 Å². The normalized spacial score (nSPS) is 14.9. The van der Waals surface area contributed by atoms with Gasteiger partial charge in [0.2, 0.25) is 0 Å². The van der Waals surface area contributed by atoms with Crippen LogP contribution < -0.4 is 19.6 Å². The Morgan fingerprint density at radius 2 is 1.91 bits per heavy atom. The number of hydrogen-bond donors (Lipinski definition) is 0. The van der Waals surface area contributed by atoms with Crippen molar-refractivity contribution in [3.8, 4) is 17.1 Å². The minimum atomic E-state index is -0.712. The molecule has 0 amide bonds. The van der Waals surface area contributed by atoms with E-state index in [0.29, 0.717) is 55.8 Å². The number of furan rings is 1. The second-order valence-corrected chi connectivity index (χ2v) is 11.6. The average Bonchev–Trinajstić information content (AvgIpc) is 3.60. The highest BCUT2D eigenvalue weighted by atomic mass is 32.1. The van der Waals surface area contributed by atoms with Crippen LogP contribution in [0.25, 0.3) is 17.4 Å². The molecule has 0 aliphatic carbocycles. The van der Waals surface area contributed by atoms with Crippen molar-refractivity contribution in [3.63, 3.8) is 0 Å². The largest absolute Gasteiger partial charge is 0.496 e. The van der Waals surface area contributed by atoms with Crippen molar-refractivity contribution < 1.29 is 23.6 Å². The van der Waals surface area contributed by atoms with Crippen LogP contribution >= 0.6 is 11.3 Å². The molecule has 1 aliphatic rings. The van der Waals surface area contributed by atoms with Gasteiger partial charge >= 0.3 is 5.97 Å². The van der Waals surface area contributed by atoms with Crippen molar-refractivity contribution in [2.45, 2.75) is 52.5 Å². The quantitative estimate of drug-likeness (QED) is 0.124. The first-order chi connectivity index (χ1) is 21.2. The van der Waals surface area contributed by atoms with Gasteiger partial charge in [-0.1, -0.05) is 62.8 Å². The summed E-state index contributed by atoms with van der Waals surface area (Å²) in [4.78, 5) is 43.6. The molecule has 228 valence electrons. The number of aromatic nitrogens is 1. The molecule has 0 fully saturated rings. The lowest BCUT2D eigenvalue weighted by Gasteiger charge is -2.26. The molecule has 0 saturated heterocycles. The summed E-state index contributed by atoms with van der Waals surface area (Å²) in [6, 6.07) is 14.8. The number of fused-ring (bicyclic) bond motifs is 1. The molecular weight excluding hydrogens is 582 g/mol. The summed E-state index contributed by atoms with van der Waals surface area (Å²) >= 11 is 1.21. The van der Waals surface area contributed by atoms with Crippen molar-refractivity contribution in [2.75, 3.05) is 13.7 Å². The van der Waals surface area contributed by atoms with Crippen molar-refractivity contribution in [3.05, 3.63) is 113 Å². The van der Waals surface area contributed by atoms with E-state index in [1.165, 1.54) is 36.6 Å². The molecule has 0 bridgehead atoms. The van der Waals surface area contributed by atoms with Crippen LogP contribution in [0, 0.1) is 10.1 Å². The van der Waals surface area contributed by atoms with Crippen LogP contribution in [0.1, 0.15) is 69.4 Å². The Kier molecular flexibility index (Phi) is 8.96. The third-order valence-corrected chi connectivity index (χ3v) is 8.35. The number of nitro groups is 1. The van der Waals surface area contributed by atoms with Crippen LogP contribution in [-0.4, -0.2) is 29.2 Å². The first-order valence-electron chi connectivity index (χ1n) is 14.4. The number of hydrogen-bond acceptors (Lipinski definition) is 9. The SMILES string of the molecule is CCCC1=C(C(=O)OCC)[C@@H](c2ccc(C(C)C)cc2)n2c(s/c(=C\c3ccc(-c4cc([N+](=O)[O-])ccc4OC)o3)c2=O)=N1. The van der Waals surface area contributed by atoms with Crippen LogP contribution in [-0.2, 0) is 9.53 Å². The molecule has 4 aromatic rings. The number of nitro benzene ring substituents is 1. The van der Waals surface area contributed by atoms with Crippen LogP contribution in [0.2, 0.25) is 0 Å². The zero-order chi connectivity index (χ0) is 31.5. The molecule has 1 aliphatic heterocycles. The van der Waals surface area contributed by atoms with Crippen molar-refractivity contribution in [1.29, 1.82) is 0 Å². The molecule has 11 heteroatoms. The molecule has 5 rings (SSSR count). The number of allylic oxidation sites excluding steroid dienone is 1. The predicted molar refractivity (Wildman–Crippen MR) is 168 cm³/mol. The Balaban J connectivity index is 1.66. The molecule has 44 heavy (non-hydrogen) atoms. The van der Waals surface area contributed by atoms with Gasteiger partial charge in [-0.3, -0.25) is 19.5 Å². The highest BCUT2D eigenvalue weighted by Crippen LogP contribution is 2.35. The van der Waals surface area contributed by atoms with E-state index in [9.17, 15) is 19.7 Å². The second kappa shape index (κ2) is 12.8. The standard InChI is InChI=1S/C33H33N3O7S/c1-6-8-25-29(32(38)42-7-2)30(21-11-9-20(10-12-21)19(3)4)35-31(37)28(44-33(35)34-25)18-23-14-16-27(43-23)24-17-22(36(39)40)13-15-26(24)41-5/h9-19,30H,6-8H2,1-5H3/b28-18-/t30-/m1/s1. The molecule has 0 spiro atoms. The number of ether oxygens (including phenoxy) is 2. The first kappa shape index (κ1) is 30.7. The topological polar surface area (TPSA) is 126 Å². The third kappa shape index (κ3) is 5.87. The Morgan fingerprint density at radius 1 is 1.16 bits per heavy atom. The lowest BCUT2D eigenvalue weighted by molar-refractivity contribution is -0.384. The number of thiazole rings is 1. The Hall–Kier alpha value is -4.77. The highest BCUT2D eigenvalue weighted by Gasteiger charge is 2.34. The van der Waals surface area contributed by atoms with Crippen LogP contribution in [0.3, 0.4) is 0 Å². The summed E-state index contributed by atoms with van der Waals surface area (Å²) in [6.07, 6.45) is 2.92. The Labute approximate surface area is 257 Å². The molecule has 0 saturated carbocycles. The third-order valence-electron chi connectivity index (χ3n) is 7.37. The molecule has 0 N–H and O–H groups in total. The molecule has 1 atom stereocenters. The van der Waals surface area contributed by atoms with Gasteiger partial charge in [-0.25, -0.2) is 9.79 Å². The maximum atomic E-state index is 14.0. The summed E-state index contributed by atoms with van der Waals surface area (Å²) in [5, 5.41) is 11.4. The number of nitrogens with zero attached hydrogens (tertiary/aromatic N) is 3. The molecule has 2 aromatic carbocycles. The summed E-state index contributed by atoms with van der Waals surface area (Å²) in [6.45, 7) is 8.17. The van der Waals surface area contributed by atoms with Crippen LogP contribution in [0.4, 0.5) is 5.69 Å². The second-order valence-electron chi connectivity index (χ2n) is 10.6. The zero-order valence-corrected chi connectivity index (χ0v) is 26.0. The fraction of sp³-hybridized carbons (Fsp3) is 0.303. The van der Waals surface area contributed by atoms with E-state index >= 15 is 0 Å². The number of carbonyl (C=O) groups is 1. The van der Waals surface area contributed by atoms with Gasteiger partial charge in [-0.05, 0) is 48.6 Å². The molecule has 3 heterocycles. The molecule has 0 radical (unpaired) electrons. The maximum Gasteiger partial charge on any atom is 0.338 e. The fourth-order valence-corrected chi connectivity index (χ4v) is 6.21. The Morgan fingerprint density at radius 3 is 2.55 bits per heavy atom. The molecule has 2 aromatic heterocycles. The molecule has 0 unspecified atom stereocenters. The van der Waals surface area contributed by atoms with E-state index < -0.39 is 16.9 Å². The number of non-ortho nitro benzene ring substituents is 1. The number of benzene rings is 2. The van der Waals surface area contributed by atoms with Gasteiger partial charge in [-0.15, -0.1) is 0 Å². The van der Waals surface area contributed by atoms with E-state index in [4.69, 9.17) is 18.9 Å². The van der Waals surface area contributed by atoms with E-state index in [2.05, 4.69) is 13.8 Å². The number of esters is 1. The maximum absolute atomic E-state index is 14.0. The van der Waals surface area contributed by atoms with Gasteiger partial charge in [-0.2, -0.15) is 0 Å². The van der Waals surface area contributed by atoms with Gasteiger partial charge in [0.15, 0.2) is 4.80 Å². The van der Waals surface area contributed by atoms with Gasteiger partial charge in [0.1, 0.15) is 17.3 Å². The summed E-state index contributed by atoms with van der Waals surface area (Å²) in [5.74, 6) is 0.960. The van der Waals surface area contributed by atoms with Crippen LogP contribution in [0.15, 0.2) is 80.1 Å². The van der Waals surface area contributed by atoms with Crippen molar-refractivity contribution in [2.24, 2.45) is 4.99 Å². The molecule has 10 nitrogen and oxygen atoms in total. The predicted octanol–water partition coefficient (Wildman–Crippen LogP) is 5.88. The number of carbonyl (C=O) groups excluding carboxylic acids is 1. The minimum Gasteiger partial charge on any atom is -0.496 e. The van der Waals surface area contributed by atoms with E-state index in [1.807, 2.05) is 31.2 Å². The smallest absolute Gasteiger partial charge is 0.338 e. The summed E-state index contributed by atoms with van der Waals surface area (Å²) in [5.41, 5.74) is 2.88. The molecular formula is C33H33N3O7S. The minimum absolute atomic E-state index is 0.103. The van der Waals surface area contributed by atoms with E-state index in [0.717, 1.165) is 17.5 Å². The van der Waals surface area contributed by atoms with Crippen LogP contribution in [0.5, 0.6) is 5.75 Å². The lowest BCUT2D eigenvalue weighted by Crippen LogP contribution is -2.40. The van der Waals surface area contributed by atoms with Gasteiger partial charge < -0.3 is 13.9 Å². The van der Waals surface area contributed by atoms with Gasteiger partial charge in [0, 0.05) is 18.2 Å². The summed E-state index contributed by atoms with van der Waals surface area (Å²) in [7, 11) is 1.47. The Bertz CT molecular complexity index is 1930. The van der Waals surface area contributed by atoms with Crippen molar-refractivity contribution >= 4 is 29.1 Å². The zero-order valence-electron chi connectivity index (χ0n) is 25.2. The van der Waals surface area contributed by atoms with E-state index in [1.54, 1.807) is 29.7 Å². The lowest BCUT2D eigenvalue weighted by atomic mass is 9.92. The first-order valence-corrected chi connectivity index (χ1v) is 15.2. The summed E-state index contributed by atoms with van der Waals surface area (Å²) < 4.78 is 18.8. The van der Waals surface area contributed by atoms with E-state index in [-0.39, 0.29) is 17.9 Å². The fourth-order valence-electron chi connectivity index (χ4n) is 5.21. The monoisotopic (exact) mass is 615 g/mol. The van der Waals surface area contributed by atoms with Gasteiger partial charge in [0.05, 0.1) is 46.0 Å². The number of methoxy groups -OCH3 is 1. The van der Waals surface area contributed by atoms with Gasteiger partial charge in [0.25, 0.3) is 11.2 Å². The average molecular weight is 616 g/mol.